The van der Waals surface area contributed by atoms with E-state index in [0.29, 0.717) is 5.17 Å². The summed E-state index contributed by atoms with van der Waals surface area (Å²) in [6.07, 6.45) is 5.25. The summed E-state index contributed by atoms with van der Waals surface area (Å²) in [5.41, 5.74) is 3.98. The molecule has 170 valence electrons. The van der Waals surface area contributed by atoms with Crippen LogP contribution in [0.4, 0.5) is 0 Å². The Labute approximate surface area is 197 Å². The third-order valence-corrected chi connectivity index (χ3v) is 7.14. The highest BCUT2D eigenvalue weighted by molar-refractivity contribution is 8.26. The van der Waals surface area contributed by atoms with Gasteiger partial charge in [-0.25, -0.2) is 0 Å². The number of para-hydroxylation sites is 2. The van der Waals surface area contributed by atoms with Crippen molar-refractivity contribution in [2.24, 2.45) is 10.1 Å². The largest absolute Gasteiger partial charge is 0.495 e. The summed E-state index contributed by atoms with van der Waals surface area (Å²) in [5, 5.41) is 16.1. The molecule has 9 heteroatoms. The zero-order chi connectivity index (χ0) is 23.1. The highest BCUT2D eigenvalue weighted by Crippen LogP contribution is 2.32. The average Bonchev–Trinajstić information content (AvgIpc) is 3.37. The lowest BCUT2D eigenvalue weighted by Gasteiger charge is -2.26. The Balaban J connectivity index is 1.49. The summed E-state index contributed by atoms with van der Waals surface area (Å²) >= 11 is 1.37. The van der Waals surface area contributed by atoms with E-state index in [4.69, 9.17) is 10.1 Å². The number of rotatable bonds is 3. The number of hydrogen-bond acceptors (Lipinski definition) is 6. The van der Waals surface area contributed by atoms with Gasteiger partial charge in [-0.1, -0.05) is 12.1 Å². The molecule has 0 radical (unpaired) electrons. The van der Waals surface area contributed by atoms with Crippen molar-refractivity contribution in [3.63, 3.8) is 0 Å². The van der Waals surface area contributed by atoms with E-state index >= 15 is 0 Å². The molecule has 0 bridgehead atoms. The smallest absolute Gasteiger partial charge is 0.283 e. The number of aryl methyl sites for hydroxylation is 1. The Morgan fingerprint density at radius 1 is 1.12 bits per heavy atom. The molecule has 1 N–H and O–H groups in total. The normalized spacial score (nSPS) is 19.7. The van der Waals surface area contributed by atoms with Gasteiger partial charge in [0, 0.05) is 24.5 Å². The number of carbonyl (C=O) groups is 1. The fraction of sp³-hybridized carbons (Fsp3) is 0.333. The van der Waals surface area contributed by atoms with Crippen molar-refractivity contribution in [2.75, 3.05) is 20.2 Å². The van der Waals surface area contributed by atoms with E-state index in [9.17, 15) is 4.79 Å². The predicted octanol–water partition coefficient (Wildman–Crippen LogP) is 4.17. The van der Waals surface area contributed by atoms with Gasteiger partial charge in [-0.15, -0.1) is 5.10 Å². The Morgan fingerprint density at radius 2 is 1.88 bits per heavy atom. The number of ether oxygens (including phenoxy) is 1. The number of hydrazone groups is 1. The third-order valence-electron chi connectivity index (χ3n) is 6.17. The number of benzene rings is 1. The molecular formula is C24H26N6O2S. The molecule has 1 amide bonds. The van der Waals surface area contributed by atoms with Crippen LogP contribution >= 0.6 is 11.8 Å². The van der Waals surface area contributed by atoms with Crippen LogP contribution in [0.5, 0.6) is 5.75 Å². The third kappa shape index (κ3) is 3.76. The Bertz CT molecular complexity index is 1240. The van der Waals surface area contributed by atoms with Crippen LogP contribution in [0.25, 0.3) is 11.8 Å². The van der Waals surface area contributed by atoms with E-state index in [1.54, 1.807) is 13.2 Å². The van der Waals surface area contributed by atoms with Gasteiger partial charge in [0.05, 0.1) is 18.4 Å². The molecule has 33 heavy (non-hydrogen) atoms. The number of amidine groups is 3. The fourth-order valence-electron chi connectivity index (χ4n) is 4.47. The first-order valence-corrected chi connectivity index (χ1v) is 11.9. The topological polar surface area (TPSA) is 86.3 Å². The number of nitrogens with one attached hydrogen (secondary N) is 1. The maximum absolute atomic E-state index is 12.9. The molecule has 0 aliphatic carbocycles. The zero-order valence-electron chi connectivity index (χ0n) is 19.0. The second-order valence-electron chi connectivity index (χ2n) is 8.28. The molecule has 3 aliphatic rings. The first-order valence-electron chi connectivity index (χ1n) is 11.1. The minimum atomic E-state index is -0.407. The van der Waals surface area contributed by atoms with Crippen molar-refractivity contribution in [2.45, 2.75) is 33.1 Å². The van der Waals surface area contributed by atoms with Gasteiger partial charge in [0.15, 0.2) is 11.0 Å². The quantitative estimate of drug-likeness (QED) is 0.692. The molecule has 1 aromatic carbocycles. The summed E-state index contributed by atoms with van der Waals surface area (Å²) in [7, 11) is 1.65. The predicted molar refractivity (Wildman–Crippen MR) is 132 cm³/mol. The van der Waals surface area contributed by atoms with E-state index in [0.717, 1.165) is 59.5 Å². The first kappa shape index (κ1) is 21.5. The van der Waals surface area contributed by atoms with Gasteiger partial charge in [0.1, 0.15) is 5.75 Å². The number of fused-ring (bicyclic) bond motifs is 1. The standard InChI is InChI=1S/C24H26N6O2S/c1-15-13-17(16(2)29(15)19-9-5-6-10-20(19)32-3)14-18-21(25)30-23(26-22(18)31)33-24(27-30)28-11-7-4-8-12-28/h5-6,9-10,13-14,25H,4,7-8,11-12H2,1-3H3/b18-14+,25-21?. The van der Waals surface area contributed by atoms with E-state index < -0.39 is 5.91 Å². The second kappa shape index (κ2) is 8.55. The molecule has 5 rings (SSSR count). The highest BCUT2D eigenvalue weighted by Gasteiger charge is 2.37. The molecule has 8 nitrogen and oxygen atoms in total. The number of carbonyl (C=O) groups excluding carboxylic acids is 1. The van der Waals surface area contributed by atoms with Crippen molar-refractivity contribution < 1.29 is 9.53 Å². The number of methoxy groups -OCH3 is 1. The fourth-order valence-corrected chi connectivity index (χ4v) is 5.41. The van der Waals surface area contributed by atoms with Crippen LogP contribution < -0.4 is 4.74 Å². The highest BCUT2D eigenvalue weighted by atomic mass is 32.2. The number of aliphatic imine (C=N–C) groups is 1. The molecule has 2 aromatic rings. The van der Waals surface area contributed by atoms with Gasteiger partial charge < -0.3 is 14.2 Å². The van der Waals surface area contributed by atoms with Crippen LogP contribution in [-0.4, -0.2) is 56.8 Å². The molecule has 1 saturated heterocycles. The number of nitrogens with zero attached hydrogens (tertiary/aromatic N) is 5. The molecule has 0 saturated carbocycles. The summed E-state index contributed by atoms with van der Waals surface area (Å²) in [5.74, 6) is 0.422. The SMILES string of the molecule is COc1ccccc1-n1c(C)cc(/C=C2\C(=N)N3N=C(N4CCCCC4)SC3=NC2=O)c1C. The molecule has 0 spiro atoms. The average molecular weight is 463 g/mol. The zero-order valence-corrected chi connectivity index (χ0v) is 19.8. The Kier molecular flexibility index (Phi) is 5.57. The summed E-state index contributed by atoms with van der Waals surface area (Å²) in [6.45, 7) is 5.91. The first-order chi connectivity index (χ1) is 16.0. The lowest BCUT2D eigenvalue weighted by Crippen LogP contribution is -2.35. The van der Waals surface area contributed by atoms with Gasteiger partial charge in [0.25, 0.3) is 5.91 Å². The van der Waals surface area contributed by atoms with Gasteiger partial charge in [-0.2, -0.15) is 10.0 Å². The van der Waals surface area contributed by atoms with Gasteiger partial charge in [0.2, 0.25) is 5.17 Å². The number of hydrogen-bond donors (Lipinski definition) is 1. The molecule has 1 fully saturated rings. The minimum absolute atomic E-state index is 0.0617. The molecule has 0 unspecified atom stereocenters. The maximum Gasteiger partial charge on any atom is 0.283 e. The number of piperidine rings is 1. The number of likely N-dealkylation sites (tertiary alicyclic amines) is 1. The van der Waals surface area contributed by atoms with Crippen LogP contribution in [-0.2, 0) is 4.79 Å². The van der Waals surface area contributed by atoms with Crippen LogP contribution in [0.2, 0.25) is 0 Å². The number of aromatic nitrogens is 1. The summed E-state index contributed by atoms with van der Waals surface area (Å²) < 4.78 is 7.63. The lowest BCUT2D eigenvalue weighted by atomic mass is 10.1. The van der Waals surface area contributed by atoms with Crippen molar-refractivity contribution in [1.29, 1.82) is 5.41 Å². The van der Waals surface area contributed by atoms with Crippen LogP contribution in [0, 0.1) is 19.3 Å². The lowest BCUT2D eigenvalue weighted by molar-refractivity contribution is -0.114. The summed E-state index contributed by atoms with van der Waals surface area (Å²) in [6, 6.07) is 9.83. The van der Waals surface area contributed by atoms with Crippen LogP contribution in [0.3, 0.4) is 0 Å². The van der Waals surface area contributed by atoms with Crippen LogP contribution in [0.15, 0.2) is 46.0 Å². The van der Waals surface area contributed by atoms with Crippen LogP contribution in [0.1, 0.15) is 36.2 Å². The second-order valence-corrected chi connectivity index (χ2v) is 9.22. The number of thioether (sulfide) groups is 1. The van der Waals surface area contributed by atoms with E-state index in [2.05, 4.69) is 19.6 Å². The van der Waals surface area contributed by atoms with E-state index in [1.165, 1.54) is 23.2 Å². The molecule has 0 atom stereocenters. The van der Waals surface area contributed by atoms with Crippen molar-refractivity contribution in [3.8, 4) is 11.4 Å². The molecule has 1 aromatic heterocycles. The van der Waals surface area contributed by atoms with Crippen molar-refractivity contribution in [1.82, 2.24) is 14.5 Å². The van der Waals surface area contributed by atoms with E-state index in [1.807, 2.05) is 44.2 Å². The number of amides is 1. The van der Waals surface area contributed by atoms with Crippen molar-refractivity contribution >= 4 is 39.9 Å². The van der Waals surface area contributed by atoms with Gasteiger partial charge in [-0.05, 0) is 74.7 Å². The molecular weight excluding hydrogens is 436 g/mol. The van der Waals surface area contributed by atoms with E-state index in [-0.39, 0.29) is 11.4 Å². The van der Waals surface area contributed by atoms with Gasteiger partial charge >= 0.3 is 0 Å². The minimum Gasteiger partial charge on any atom is -0.495 e. The molecule has 4 heterocycles. The molecule has 3 aliphatic heterocycles. The summed E-state index contributed by atoms with van der Waals surface area (Å²) in [4.78, 5) is 19.4. The van der Waals surface area contributed by atoms with Gasteiger partial charge in [-0.3, -0.25) is 10.2 Å². The Morgan fingerprint density at radius 3 is 2.64 bits per heavy atom. The Hall–Kier alpha value is -3.33. The maximum atomic E-state index is 12.9. The van der Waals surface area contributed by atoms with Crippen molar-refractivity contribution in [3.05, 3.63) is 52.9 Å². The monoisotopic (exact) mass is 462 g/mol.